The van der Waals surface area contributed by atoms with Crippen LogP contribution in [0, 0.1) is 5.41 Å². The van der Waals surface area contributed by atoms with Crippen molar-refractivity contribution in [2.45, 2.75) is 59.3 Å². The van der Waals surface area contributed by atoms with Gasteiger partial charge in [-0.15, -0.1) is 12.4 Å². The second-order valence-electron chi connectivity index (χ2n) is 10.1. The Bertz CT molecular complexity index is 838. The summed E-state index contributed by atoms with van der Waals surface area (Å²) in [5, 5.41) is 0. The Morgan fingerprint density at radius 1 is 0.971 bits per heavy atom. The third-order valence-electron chi connectivity index (χ3n) is 8.42. The van der Waals surface area contributed by atoms with Crippen LogP contribution in [0.3, 0.4) is 0 Å². The average molecular weight is 490 g/mol. The van der Waals surface area contributed by atoms with Gasteiger partial charge in [-0.05, 0) is 48.4 Å². The van der Waals surface area contributed by atoms with E-state index in [2.05, 4.69) is 52.8 Å². The molecule has 0 N–H and O–H groups in total. The SMILES string of the molecule is CCC(=O)CN1CCN(c2ccc(N3CCOCC3)cc2C2=CCC(CC)(CC)CC2)CC1.Cl. The van der Waals surface area contributed by atoms with Gasteiger partial charge in [-0.25, -0.2) is 0 Å². The number of halogens is 1. The number of morpholine rings is 1. The molecule has 5 nitrogen and oxygen atoms in total. The summed E-state index contributed by atoms with van der Waals surface area (Å²) < 4.78 is 5.59. The third kappa shape index (κ3) is 6.16. The monoisotopic (exact) mass is 489 g/mol. The molecule has 190 valence electrons. The molecule has 2 heterocycles. The fourth-order valence-corrected chi connectivity index (χ4v) is 5.66. The van der Waals surface area contributed by atoms with Crippen LogP contribution in [0.25, 0.3) is 5.57 Å². The van der Waals surface area contributed by atoms with Crippen molar-refractivity contribution in [1.82, 2.24) is 4.90 Å². The molecule has 1 aliphatic carbocycles. The van der Waals surface area contributed by atoms with E-state index in [1.807, 2.05) is 6.92 Å². The summed E-state index contributed by atoms with van der Waals surface area (Å²) in [4.78, 5) is 19.2. The summed E-state index contributed by atoms with van der Waals surface area (Å²) in [6.07, 6.45) is 9.39. The molecule has 0 spiro atoms. The zero-order valence-corrected chi connectivity index (χ0v) is 22.3. The summed E-state index contributed by atoms with van der Waals surface area (Å²) in [5.74, 6) is 0.349. The zero-order chi connectivity index (χ0) is 23.3. The van der Waals surface area contributed by atoms with E-state index in [0.717, 1.165) is 52.5 Å². The van der Waals surface area contributed by atoms with Crippen molar-refractivity contribution < 1.29 is 9.53 Å². The van der Waals surface area contributed by atoms with Gasteiger partial charge in [0.2, 0.25) is 0 Å². The number of anilines is 2. The van der Waals surface area contributed by atoms with Gasteiger partial charge in [0.25, 0.3) is 0 Å². The minimum Gasteiger partial charge on any atom is -0.378 e. The van der Waals surface area contributed by atoms with E-state index >= 15 is 0 Å². The molecule has 3 aliphatic rings. The van der Waals surface area contributed by atoms with Gasteiger partial charge in [-0.2, -0.15) is 0 Å². The van der Waals surface area contributed by atoms with Gasteiger partial charge in [0.05, 0.1) is 19.8 Å². The zero-order valence-electron chi connectivity index (χ0n) is 21.5. The van der Waals surface area contributed by atoms with Crippen molar-refractivity contribution in [3.63, 3.8) is 0 Å². The topological polar surface area (TPSA) is 36.0 Å². The first-order chi connectivity index (χ1) is 16.1. The van der Waals surface area contributed by atoms with E-state index in [-0.39, 0.29) is 12.4 Å². The lowest BCUT2D eigenvalue weighted by molar-refractivity contribution is -0.119. The Labute approximate surface area is 212 Å². The maximum atomic E-state index is 11.9. The molecule has 0 amide bonds. The Morgan fingerprint density at radius 2 is 1.68 bits per heavy atom. The summed E-state index contributed by atoms with van der Waals surface area (Å²) in [6.45, 7) is 14.7. The molecular formula is C28H44ClN3O2. The second kappa shape index (κ2) is 12.4. The average Bonchev–Trinajstić information content (AvgIpc) is 2.89. The van der Waals surface area contributed by atoms with Crippen LogP contribution in [-0.2, 0) is 9.53 Å². The van der Waals surface area contributed by atoms with Gasteiger partial charge in [0.15, 0.2) is 0 Å². The van der Waals surface area contributed by atoms with E-state index in [4.69, 9.17) is 4.74 Å². The minimum atomic E-state index is 0. The number of ketones is 1. The number of nitrogens with zero attached hydrogens (tertiary/aromatic N) is 3. The fraction of sp³-hybridized carbons (Fsp3) is 0.679. The van der Waals surface area contributed by atoms with E-state index in [1.54, 1.807) is 0 Å². The molecule has 2 aliphatic heterocycles. The van der Waals surface area contributed by atoms with Crippen molar-refractivity contribution >= 4 is 35.1 Å². The summed E-state index contributed by atoms with van der Waals surface area (Å²) in [5.41, 5.74) is 6.15. The van der Waals surface area contributed by atoms with E-state index < -0.39 is 0 Å². The molecule has 2 fully saturated rings. The Balaban J connectivity index is 0.00000324. The summed E-state index contributed by atoms with van der Waals surface area (Å²) in [6, 6.07) is 7.11. The second-order valence-corrected chi connectivity index (χ2v) is 10.1. The van der Waals surface area contributed by atoms with E-state index in [9.17, 15) is 4.79 Å². The molecule has 0 saturated carbocycles. The van der Waals surface area contributed by atoms with Crippen LogP contribution in [0.4, 0.5) is 11.4 Å². The predicted octanol–water partition coefficient (Wildman–Crippen LogP) is 5.42. The van der Waals surface area contributed by atoms with Crippen LogP contribution in [0.2, 0.25) is 0 Å². The number of allylic oxidation sites excluding steroid dienone is 2. The molecule has 4 rings (SSSR count). The molecule has 0 radical (unpaired) electrons. The van der Waals surface area contributed by atoms with Crippen LogP contribution >= 0.6 is 12.4 Å². The van der Waals surface area contributed by atoms with Crippen LogP contribution in [0.1, 0.15) is 64.9 Å². The van der Waals surface area contributed by atoms with Gasteiger partial charge in [-0.3, -0.25) is 9.69 Å². The van der Waals surface area contributed by atoms with Crippen molar-refractivity contribution in [2.75, 3.05) is 68.8 Å². The minimum absolute atomic E-state index is 0. The number of Topliss-reactive ketones (excluding diaryl/α,β-unsaturated/α-hetero) is 1. The van der Waals surface area contributed by atoms with Crippen molar-refractivity contribution in [2.24, 2.45) is 5.41 Å². The highest BCUT2D eigenvalue weighted by atomic mass is 35.5. The Kier molecular flexibility index (Phi) is 9.87. The molecule has 0 atom stereocenters. The van der Waals surface area contributed by atoms with Crippen molar-refractivity contribution in [3.05, 3.63) is 29.8 Å². The number of carbonyl (C=O) groups excluding carboxylic acids is 1. The lowest BCUT2D eigenvalue weighted by Gasteiger charge is -2.39. The maximum absolute atomic E-state index is 11.9. The highest BCUT2D eigenvalue weighted by molar-refractivity contribution is 5.85. The lowest BCUT2D eigenvalue weighted by Crippen LogP contribution is -2.48. The van der Waals surface area contributed by atoms with E-state index in [1.165, 1.54) is 54.6 Å². The number of rotatable bonds is 8. The Morgan fingerprint density at radius 3 is 2.26 bits per heavy atom. The third-order valence-corrected chi connectivity index (χ3v) is 8.42. The molecular weight excluding hydrogens is 446 g/mol. The van der Waals surface area contributed by atoms with Gasteiger partial charge in [0, 0.05) is 62.6 Å². The number of carbonyl (C=O) groups is 1. The van der Waals surface area contributed by atoms with Gasteiger partial charge >= 0.3 is 0 Å². The normalized spacial score (nSPS) is 21.1. The molecule has 1 aromatic rings. The van der Waals surface area contributed by atoms with Crippen LogP contribution < -0.4 is 9.80 Å². The molecule has 34 heavy (non-hydrogen) atoms. The van der Waals surface area contributed by atoms with Crippen LogP contribution in [0.15, 0.2) is 24.3 Å². The highest BCUT2D eigenvalue weighted by Crippen LogP contribution is 2.45. The number of benzene rings is 1. The van der Waals surface area contributed by atoms with Crippen molar-refractivity contribution in [3.8, 4) is 0 Å². The highest BCUT2D eigenvalue weighted by Gasteiger charge is 2.30. The quantitative estimate of drug-likeness (QED) is 0.487. The number of ether oxygens (including phenoxy) is 1. The molecule has 1 aromatic carbocycles. The first-order valence-electron chi connectivity index (χ1n) is 13.2. The van der Waals surface area contributed by atoms with Crippen molar-refractivity contribution in [1.29, 1.82) is 0 Å². The molecule has 6 heteroatoms. The van der Waals surface area contributed by atoms with Crippen LogP contribution in [-0.4, -0.2) is 69.7 Å². The largest absolute Gasteiger partial charge is 0.378 e. The maximum Gasteiger partial charge on any atom is 0.146 e. The molecule has 0 aromatic heterocycles. The smallest absolute Gasteiger partial charge is 0.146 e. The van der Waals surface area contributed by atoms with Crippen LogP contribution in [0.5, 0.6) is 0 Å². The standard InChI is InChI=1S/C28H43N3O2.ClH/c1-4-25(32)22-29-13-15-31(16-14-29)27-8-7-24(30-17-19-33-20-18-30)21-26(27)23-9-11-28(5-2,6-3)12-10-23;/h7-9,21H,4-6,10-20,22H2,1-3H3;1H. The first kappa shape index (κ1) is 27.0. The first-order valence-corrected chi connectivity index (χ1v) is 13.2. The number of piperazine rings is 1. The fourth-order valence-electron chi connectivity index (χ4n) is 5.66. The molecule has 0 bridgehead atoms. The molecule has 0 unspecified atom stereocenters. The van der Waals surface area contributed by atoms with Gasteiger partial charge in [-0.1, -0.05) is 39.7 Å². The summed E-state index contributed by atoms with van der Waals surface area (Å²) >= 11 is 0. The summed E-state index contributed by atoms with van der Waals surface area (Å²) in [7, 11) is 0. The molecule has 2 saturated heterocycles. The number of hydrogen-bond acceptors (Lipinski definition) is 5. The predicted molar refractivity (Wildman–Crippen MR) is 146 cm³/mol. The lowest BCUT2D eigenvalue weighted by atomic mass is 9.70. The van der Waals surface area contributed by atoms with Gasteiger partial charge in [0.1, 0.15) is 5.78 Å². The number of hydrogen-bond donors (Lipinski definition) is 0. The van der Waals surface area contributed by atoms with Gasteiger partial charge < -0.3 is 14.5 Å². The Hall–Kier alpha value is -1.56. The van der Waals surface area contributed by atoms with E-state index in [0.29, 0.717) is 24.2 Å².